The van der Waals surface area contributed by atoms with E-state index in [9.17, 15) is 9.18 Å². The number of nitrogens with zero attached hydrogens (tertiary/aromatic N) is 2. The van der Waals surface area contributed by atoms with Crippen molar-refractivity contribution >= 4 is 5.78 Å². The second kappa shape index (κ2) is 6.32. The average Bonchev–Trinajstić information content (AvgIpc) is 2.85. The Labute approximate surface area is 117 Å². The van der Waals surface area contributed by atoms with Crippen LogP contribution >= 0.6 is 0 Å². The van der Waals surface area contributed by atoms with E-state index in [2.05, 4.69) is 11.9 Å². The van der Waals surface area contributed by atoms with Crippen LogP contribution in [0.5, 0.6) is 5.75 Å². The van der Waals surface area contributed by atoms with Crippen LogP contribution in [-0.2, 0) is 13.2 Å². The van der Waals surface area contributed by atoms with Crippen molar-refractivity contribution in [3.63, 3.8) is 0 Å². The maximum Gasteiger partial charge on any atom is 0.163 e. The quantitative estimate of drug-likeness (QED) is 0.761. The maximum absolute atomic E-state index is 13.2. The van der Waals surface area contributed by atoms with Gasteiger partial charge in [-0.05, 0) is 31.5 Å². The van der Waals surface area contributed by atoms with Gasteiger partial charge in [-0.25, -0.2) is 9.37 Å². The third-order valence-corrected chi connectivity index (χ3v) is 2.96. The summed E-state index contributed by atoms with van der Waals surface area (Å²) in [5, 5.41) is 0. The Bertz CT molecular complexity index is 608. The summed E-state index contributed by atoms with van der Waals surface area (Å²) in [7, 11) is 0. The smallest absolute Gasteiger partial charge is 0.163 e. The first-order chi connectivity index (χ1) is 9.61. The number of imidazole rings is 1. The Hall–Kier alpha value is -2.17. The zero-order valence-electron chi connectivity index (χ0n) is 11.6. The van der Waals surface area contributed by atoms with Gasteiger partial charge in [0.2, 0.25) is 0 Å². The van der Waals surface area contributed by atoms with E-state index in [-0.39, 0.29) is 11.3 Å². The Balaban J connectivity index is 2.14. The van der Waals surface area contributed by atoms with Gasteiger partial charge < -0.3 is 9.30 Å². The SMILES string of the molecule is CCCn1cncc1COc1ccc(F)cc1C(C)=O. The third kappa shape index (κ3) is 3.23. The van der Waals surface area contributed by atoms with Gasteiger partial charge in [-0.1, -0.05) is 6.92 Å². The number of aromatic nitrogens is 2. The number of ketones is 1. The molecule has 106 valence electrons. The molecule has 0 spiro atoms. The molecule has 0 aliphatic rings. The van der Waals surface area contributed by atoms with Crippen LogP contribution in [0.15, 0.2) is 30.7 Å². The summed E-state index contributed by atoms with van der Waals surface area (Å²) in [5.41, 5.74) is 1.18. The molecule has 20 heavy (non-hydrogen) atoms. The molecular formula is C15H17FN2O2. The molecular weight excluding hydrogens is 259 g/mol. The van der Waals surface area contributed by atoms with Crippen molar-refractivity contribution in [2.75, 3.05) is 0 Å². The first-order valence-corrected chi connectivity index (χ1v) is 6.54. The summed E-state index contributed by atoms with van der Waals surface area (Å²) in [6.07, 6.45) is 4.48. The predicted octanol–water partition coefficient (Wildman–Crippen LogP) is 3.21. The molecule has 0 aliphatic carbocycles. The van der Waals surface area contributed by atoms with Crippen molar-refractivity contribution in [2.45, 2.75) is 33.4 Å². The van der Waals surface area contributed by atoms with E-state index in [1.165, 1.54) is 25.1 Å². The molecule has 0 N–H and O–H groups in total. The molecule has 0 radical (unpaired) electrons. The number of hydrogen-bond donors (Lipinski definition) is 0. The highest BCUT2D eigenvalue weighted by Gasteiger charge is 2.11. The van der Waals surface area contributed by atoms with Gasteiger partial charge in [0.05, 0.1) is 23.8 Å². The van der Waals surface area contributed by atoms with E-state index in [0.29, 0.717) is 12.4 Å². The summed E-state index contributed by atoms with van der Waals surface area (Å²) in [6, 6.07) is 3.96. The summed E-state index contributed by atoms with van der Waals surface area (Å²) in [5.74, 6) is -0.275. The molecule has 2 rings (SSSR count). The molecule has 0 aliphatic heterocycles. The maximum atomic E-state index is 13.2. The van der Waals surface area contributed by atoms with Crippen LogP contribution in [0.1, 0.15) is 36.3 Å². The van der Waals surface area contributed by atoms with Gasteiger partial charge in [-0.3, -0.25) is 4.79 Å². The standard InChI is InChI=1S/C15H17FN2O2/c1-3-6-18-10-17-8-13(18)9-20-15-5-4-12(16)7-14(15)11(2)19/h4-5,7-8,10H,3,6,9H2,1-2H3. The molecule has 1 aromatic heterocycles. The van der Waals surface area contributed by atoms with Crippen molar-refractivity contribution in [3.05, 3.63) is 47.8 Å². The van der Waals surface area contributed by atoms with Crippen LogP contribution in [0, 0.1) is 5.82 Å². The highest BCUT2D eigenvalue weighted by molar-refractivity contribution is 5.96. The van der Waals surface area contributed by atoms with Crippen LogP contribution < -0.4 is 4.74 Å². The zero-order valence-corrected chi connectivity index (χ0v) is 11.6. The van der Waals surface area contributed by atoms with Crippen molar-refractivity contribution in [1.29, 1.82) is 0 Å². The number of ether oxygens (including phenoxy) is 1. The molecule has 2 aromatic rings. The van der Waals surface area contributed by atoms with Crippen molar-refractivity contribution in [1.82, 2.24) is 9.55 Å². The lowest BCUT2D eigenvalue weighted by Crippen LogP contribution is -2.07. The van der Waals surface area contributed by atoms with Gasteiger partial charge in [0.1, 0.15) is 18.2 Å². The minimum Gasteiger partial charge on any atom is -0.487 e. The van der Waals surface area contributed by atoms with Crippen molar-refractivity contribution < 1.29 is 13.9 Å². The molecule has 0 saturated carbocycles. The summed E-state index contributed by atoms with van der Waals surface area (Å²) >= 11 is 0. The highest BCUT2D eigenvalue weighted by Crippen LogP contribution is 2.21. The van der Waals surface area contributed by atoms with Gasteiger partial charge in [-0.15, -0.1) is 0 Å². The van der Waals surface area contributed by atoms with Crippen molar-refractivity contribution in [2.24, 2.45) is 0 Å². The largest absolute Gasteiger partial charge is 0.487 e. The van der Waals surface area contributed by atoms with Gasteiger partial charge in [0.15, 0.2) is 5.78 Å². The van der Waals surface area contributed by atoms with E-state index in [1.54, 1.807) is 12.5 Å². The van der Waals surface area contributed by atoms with Crippen LogP contribution in [0.25, 0.3) is 0 Å². The minimum atomic E-state index is -0.446. The first-order valence-electron chi connectivity index (χ1n) is 6.54. The third-order valence-electron chi connectivity index (χ3n) is 2.96. The lowest BCUT2D eigenvalue weighted by Gasteiger charge is -2.11. The molecule has 0 bridgehead atoms. The number of Topliss-reactive ketones (excluding diaryl/α,β-unsaturated/α-hetero) is 1. The fourth-order valence-corrected chi connectivity index (χ4v) is 1.97. The fourth-order valence-electron chi connectivity index (χ4n) is 1.97. The lowest BCUT2D eigenvalue weighted by atomic mass is 10.1. The van der Waals surface area contributed by atoms with E-state index in [1.807, 2.05) is 4.57 Å². The van der Waals surface area contributed by atoms with Crippen LogP contribution in [0.3, 0.4) is 0 Å². The average molecular weight is 276 g/mol. The molecule has 0 saturated heterocycles. The van der Waals surface area contributed by atoms with Crippen LogP contribution in [-0.4, -0.2) is 15.3 Å². The van der Waals surface area contributed by atoms with Crippen LogP contribution in [0.4, 0.5) is 4.39 Å². The number of benzene rings is 1. The van der Waals surface area contributed by atoms with E-state index in [4.69, 9.17) is 4.74 Å². The molecule has 0 fully saturated rings. The van der Waals surface area contributed by atoms with E-state index < -0.39 is 5.82 Å². The molecule has 5 heteroatoms. The normalized spacial score (nSPS) is 10.6. The first kappa shape index (κ1) is 14.2. The molecule has 0 unspecified atom stereocenters. The fraction of sp³-hybridized carbons (Fsp3) is 0.333. The topological polar surface area (TPSA) is 44.1 Å². The Morgan fingerprint density at radius 2 is 2.25 bits per heavy atom. The zero-order chi connectivity index (χ0) is 14.5. The number of carbonyl (C=O) groups excluding carboxylic acids is 1. The number of carbonyl (C=O) groups is 1. The van der Waals surface area contributed by atoms with Gasteiger partial charge in [0, 0.05) is 6.54 Å². The summed E-state index contributed by atoms with van der Waals surface area (Å²) < 4.78 is 20.8. The predicted molar refractivity (Wildman–Crippen MR) is 73.3 cm³/mol. The van der Waals surface area contributed by atoms with Gasteiger partial charge in [-0.2, -0.15) is 0 Å². The Morgan fingerprint density at radius 1 is 1.45 bits per heavy atom. The van der Waals surface area contributed by atoms with Crippen molar-refractivity contribution in [3.8, 4) is 5.75 Å². The molecule has 4 nitrogen and oxygen atoms in total. The molecule has 1 heterocycles. The number of rotatable bonds is 6. The Morgan fingerprint density at radius 3 is 2.95 bits per heavy atom. The van der Waals surface area contributed by atoms with Crippen LogP contribution in [0.2, 0.25) is 0 Å². The highest BCUT2D eigenvalue weighted by atomic mass is 19.1. The second-order valence-corrected chi connectivity index (χ2v) is 4.56. The summed E-state index contributed by atoms with van der Waals surface area (Å²) in [6.45, 7) is 4.63. The van der Waals surface area contributed by atoms with Gasteiger partial charge >= 0.3 is 0 Å². The number of hydrogen-bond acceptors (Lipinski definition) is 3. The molecule has 0 amide bonds. The van der Waals surface area contributed by atoms with Gasteiger partial charge in [0.25, 0.3) is 0 Å². The molecule has 0 atom stereocenters. The number of aryl methyl sites for hydroxylation is 1. The Kier molecular flexibility index (Phi) is 4.50. The second-order valence-electron chi connectivity index (χ2n) is 4.56. The monoisotopic (exact) mass is 276 g/mol. The minimum absolute atomic E-state index is 0.221. The lowest BCUT2D eigenvalue weighted by molar-refractivity contribution is 0.101. The van der Waals surface area contributed by atoms with E-state index >= 15 is 0 Å². The van der Waals surface area contributed by atoms with E-state index in [0.717, 1.165) is 18.7 Å². The number of halogens is 1. The molecule has 1 aromatic carbocycles. The summed E-state index contributed by atoms with van der Waals surface area (Å²) in [4.78, 5) is 15.6.